The molecule has 4 rings (SSSR count). The summed E-state index contributed by atoms with van der Waals surface area (Å²) in [6.07, 6.45) is 3.64. The lowest BCUT2D eigenvalue weighted by molar-refractivity contribution is -0.120. The molecular weight excluding hydrogens is 463 g/mol. The average Bonchev–Trinajstić information content (AvgIpc) is 3.23. The zero-order valence-electron chi connectivity index (χ0n) is 16.2. The minimum absolute atomic E-state index is 0.136. The third kappa shape index (κ3) is 4.63. The Labute approximate surface area is 188 Å². The van der Waals surface area contributed by atoms with Crippen molar-refractivity contribution in [1.82, 2.24) is 14.0 Å². The van der Waals surface area contributed by atoms with Crippen LogP contribution in [-0.2, 0) is 15.0 Å². The molecule has 1 aliphatic heterocycles. The van der Waals surface area contributed by atoms with E-state index in [1.54, 1.807) is 12.4 Å². The van der Waals surface area contributed by atoms with Gasteiger partial charge in [0.15, 0.2) is 0 Å². The first kappa shape index (κ1) is 21.8. The number of thiophene rings is 1. The number of nitrogens with one attached hydrogen (secondary N) is 2. The van der Waals surface area contributed by atoms with E-state index in [0.717, 1.165) is 25.7 Å². The smallest absolute Gasteiger partial charge is 0.280 e. The van der Waals surface area contributed by atoms with Crippen LogP contribution in [0.25, 0.3) is 10.4 Å². The molecule has 2 N–H and O–H groups in total. The number of nitrogens with zero attached hydrogens (tertiary/aromatic N) is 2. The molecule has 0 spiro atoms. The number of likely N-dealkylation sites (N-methyl/N-ethyl adjacent to an activating group) is 1. The van der Waals surface area contributed by atoms with E-state index >= 15 is 0 Å². The van der Waals surface area contributed by atoms with Crippen molar-refractivity contribution in [2.75, 3.05) is 12.4 Å². The third-order valence-corrected chi connectivity index (χ3v) is 8.11. The first-order valence-corrected chi connectivity index (χ1v) is 11.9. The van der Waals surface area contributed by atoms with Gasteiger partial charge in [-0.05, 0) is 42.8 Å². The van der Waals surface area contributed by atoms with E-state index in [1.807, 2.05) is 24.3 Å². The van der Waals surface area contributed by atoms with Crippen LogP contribution in [0.15, 0.2) is 54.9 Å². The van der Waals surface area contributed by atoms with Crippen molar-refractivity contribution in [3.05, 3.63) is 70.6 Å². The minimum atomic E-state index is -3.88. The molecule has 0 saturated carbocycles. The Kier molecular flexibility index (Phi) is 6.09. The predicted octanol–water partition coefficient (Wildman–Crippen LogP) is 3.82. The highest BCUT2D eigenvalue weighted by atomic mass is 35.5. The molecule has 7 nitrogen and oxygen atoms in total. The summed E-state index contributed by atoms with van der Waals surface area (Å²) in [5.74, 6) is -1.13. The monoisotopic (exact) mass is 480 g/mol. The number of hydrogen-bond donors (Lipinski definition) is 2. The highest BCUT2D eigenvalue weighted by Crippen LogP contribution is 2.36. The zero-order valence-corrected chi connectivity index (χ0v) is 18.6. The van der Waals surface area contributed by atoms with Crippen molar-refractivity contribution in [2.45, 2.75) is 18.5 Å². The number of halogens is 2. The Morgan fingerprint density at radius 3 is 2.84 bits per heavy atom. The number of benzene rings is 1. The van der Waals surface area contributed by atoms with Gasteiger partial charge in [-0.3, -0.25) is 9.78 Å². The summed E-state index contributed by atoms with van der Waals surface area (Å²) in [4.78, 5) is 18.7. The standard InChI is InChI=1S/C20H18ClFN4O3S2/c1-26-17(20(27)24-13-4-5-15(22)14(21)9-13)10-16(25-31(26,28)29)19-7-6-18(30-19)12-3-2-8-23-11-12/h2-9,11,16-17,25H,10H2,1H3,(H,24,27). The predicted molar refractivity (Wildman–Crippen MR) is 119 cm³/mol. The molecule has 2 unspecified atom stereocenters. The van der Waals surface area contributed by atoms with Crippen molar-refractivity contribution in [1.29, 1.82) is 0 Å². The molecule has 2 atom stereocenters. The Balaban J connectivity index is 1.57. The lowest BCUT2D eigenvalue weighted by Crippen LogP contribution is -2.55. The lowest BCUT2D eigenvalue weighted by Gasteiger charge is -2.35. The molecular formula is C20H18ClFN4O3S2. The summed E-state index contributed by atoms with van der Waals surface area (Å²) in [5, 5.41) is 2.49. The van der Waals surface area contributed by atoms with Crippen molar-refractivity contribution < 1.29 is 17.6 Å². The van der Waals surface area contributed by atoms with E-state index < -0.39 is 34.0 Å². The van der Waals surface area contributed by atoms with Gasteiger partial charge in [-0.1, -0.05) is 17.7 Å². The molecule has 31 heavy (non-hydrogen) atoms. The average molecular weight is 481 g/mol. The topological polar surface area (TPSA) is 91.4 Å². The van der Waals surface area contributed by atoms with Gasteiger partial charge in [0.2, 0.25) is 5.91 Å². The van der Waals surface area contributed by atoms with E-state index in [4.69, 9.17) is 11.6 Å². The Bertz CT molecular complexity index is 1220. The molecule has 3 heterocycles. The van der Waals surface area contributed by atoms with Crippen molar-refractivity contribution in [3.8, 4) is 10.4 Å². The Morgan fingerprint density at radius 1 is 1.32 bits per heavy atom. The second kappa shape index (κ2) is 8.64. The number of pyridine rings is 1. The highest BCUT2D eigenvalue weighted by Gasteiger charge is 2.41. The maximum atomic E-state index is 13.4. The third-order valence-electron chi connectivity index (χ3n) is 4.97. The van der Waals surface area contributed by atoms with Gasteiger partial charge in [0.05, 0.1) is 11.1 Å². The quantitative estimate of drug-likeness (QED) is 0.593. The van der Waals surface area contributed by atoms with Gasteiger partial charge >= 0.3 is 0 Å². The number of rotatable bonds is 4. The van der Waals surface area contributed by atoms with Crippen molar-refractivity contribution in [3.63, 3.8) is 0 Å². The van der Waals surface area contributed by atoms with E-state index in [1.165, 1.54) is 30.5 Å². The molecule has 0 bridgehead atoms. The van der Waals surface area contributed by atoms with Crippen molar-refractivity contribution >= 4 is 44.7 Å². The molecule has 2 aromatic heterocycles. The van der Waals surface area contributed by atoms with Crippen LogP contribution in [0.4, 0.5) is 10.1 Å². The number of aromatic nitrogens is 1. The maximum Gasteiger partial charge on any atom is 0.280 e. The Hall–Kier alpha value is -2.37. The number of amides is 1. The van der Waals surface area contributed by atoms with Crippen LogP contribution in [0.1, 0.15) is 17.3 Å². The van der Waals surface area contributed by atoms with Crippen molar-refractivity contribution in [2.24, 2.45) is 0 Å². The molecule has 1 fully saturated rings. The van der Waals surface area contributed by atoms with Crippen LogP contribution in [0, 0.1) is 5.82 Å². The maximum absolute atomic E-state index is 13.4. The first-order chi connectivity index (χ1) is 14.7. The second-order valence-corrected chi connectivity index (χ2v) is 10.3. The van der Waals surface area contributed by atoms with Gasteiger partial charge in [-0.2, -0.15) is 17.4 Å². The summed E-state index contributed by atoms with van der Waals surface area (Å²) in [6, 6.07) is 9.76. The molecule has 162 valence electrons. The number of carbonyl (C=O) groups excluding carboxylic acids is 1. The summed E-state index contributed by atoms with van der Waals surface area (Å²) < 4.78 is 42.3. The number of hydrogen-bond acceptors (Lipinski definition) is 5. The molecule has 11 heteroatoms. The van der Waals surface area contributed by atoms with Gasteiger partial charge in [0.25, 0.3) is 10.2 Å². The summed E-state index contributed by atoms with van der Waals surface area (Å²) >= 11 is 7.21. The normalized spacial score (nSPS) is 21.0. The van der Waals surface area contributed by atoms with Crippen LogP contribution in [0.3, 0.4) is 0 Å². The van der Waals surface area contributed by atoms with Gasteiger partial charge < -0.3 is 5.32 Å². The van der Waals surface area contributed by atoms with Crippen LogP contribution < -0.4 is 10.0 Å². The highest BCUT2D eigenvalue weighted by molar-refractivity contribution is 7.87. The first-order valence-electron chi connectivity index (χ1n) is 9.26. The number of anilines is 1. The van der Waals surface area contributed by atoms with Crippen LogP contribution >= 0.6 is 22.9 Å². The fourth-order valence-electron chi connectivity index (χ4n) is 3.30. The minimum Gasteiger partial charge on any atom is -0.325 e. The molecule has 1 aliphatic rings. The lowest BCUT2D eigenvalue weighted by atomic mass is 10.1. The van der Waals surface area contributed by atoms with E-state index in [0.29, 0.717) is 0 Å². The van der Waals surface area contributed by atoms with Crippen LogP contribution in [0.2, 0.25) is 5.02 Å². The van der Waals surface area contributed by atoms with Crippen LogP contribution in [-0.4, -0.2) is 36.7 Å². The summed E-state index contributed by atoms with van der Waals surface area (Å²) in [6.45, 7) is 0. The Morgan fingerprint density at radius 2 is 2.13 bits per heavy atom. The molecule has 0 radical (unpaired) electrons. The largest absolute Gasteiger partial charge is 0.325 e. The fraction of sp³-hybridized carbons (Fsp3) is 0.200. The number of carbonyl (C=O) groups is 1. The van der Waals surface area contributed by atoms with Gasteiger partial charge in [0.1, 0.15) is 11.9 Å². The molecule has 1 saturated heterocycles. The summed E-state index contributed by atoms with van der Waals surface area (Å²) in [5.41, 5.74) is 1.21. The van der Waals surface area contributed by atoms with Gasteiger partial charge in [-0.15, -0.1) is 11.3 Å². The van der Waals surface area contributed by atoms with E-state index in [-0.39, 0.29) is 17.1 Å². The summed E-state index contributed by atoms with van der Waals surface area (Å²) in [7, 11) is -2.54. The second-order valence-electron chi connectivity index (χ2n) is 7.01. The van der Waals surface area contributed by atoms with Crippen LogP contribution in [0.5, 0.6) is 0 Å². The molecule has 3 aromatic rings. The van der Waals surface area contributed by atoms with Gasteiger partial charge in [0, 0.05) is 40.4 Å². The van der Waals surface area contributed by atoms with E-state index in [9.17, 15) is 17.6 Å². The molecule has 0 aliphatic carbocycles. The molecule has 1 aromatic carbocycles. The SMILES string of the molecule is CN1C(C(=O)Nc2ccc(F)c(Cl)c2)CC(c2ccc(-c3cccnc3)s2)NS1(=O)=O. The molecule has 1 amide bonds. The fourth-order valence-corrected chi connectivity index (χ4v) is 5.88. The van der Waals surface area contributed by atoms with E-state index in [2.05, 4.69) is 15.0 Å². The van der Waals surface area contributed by atoms with Gasteiger partial charge in [-0.25, -0.2) is 4.39 Å². The zero-order chi connectivity index (χ0) is 22.2.